The van der Waals surface area contributed by atoms with Crippen molar-refractivity contribution in [3.05, 3.63) is 59.7 Å². The van der Waals surface area contributed by atoms with E-state index in [2.05, 4.69) is 33.3 Å². The first kappa shape index (κ1) is 32.0. The number of amides is 3. The molecule has 2 atom stereocenters. The SMILES string of the molecule is CC(C)(C)C(C[C@@H](/C=N/NC(=O)NC[C@H]1CC[C@H](C(=O)O)CC1)NC(=O)OCC1c2ccccc2-c2ccccc21)OO. The molecule has 1 unspecified atom stereocenters. The number of carboxylic acid groups (broad SMARTS) is 1. The molecule has 1 saturated carbocycles. The van der Waals surface area contributed by atoms with Crippen LogP contribution in [0.2, 0.25) is 0 Å². The van der Waals surface area contributed by atoms with Crippen molar-refractivity contribution in [3.63, 3.8) is 0 Å². The summed E-state index contributed by atoms with van der Waals surface area (Å²) in [7, 11) is 0. The number of carbonyl (C=O) groups excluding carboxylic acids is 2. The highest BCUT2D eigenvalue weighted by atomic mass is 17.1. The second-order valence-electron chi connectivity index (χ2n) is 12.4. The van der Waals surface area contributed by atoms with Crippen molar-refractivity contribution in [2.45, 2.75) is 70.9 Å². The normalized spacial score (nSPS) is 19.6. The maximum Gasteiger partial charge on any atom is 0.407 e. The molecule has 2 aliphatic rings. The Morgan fingerprint density at radius 1 is 1.00 bits per heavy atom. The van der Waals surface area contributed by atoms with Gasteiger partial charge in [-0.2, -0.15) is 5.10 Å². The summed E-state index contributed by atoms with van der Waals surface area (Å²) < 4.78 is 5.67. The van der Waals surface area contributed by atoms with E-state index < -0.39 is 35.7 Å². The number of nitrogens with one attached hydrogen (secondary N) is 3. The number of urea groups is 1. The van der Waals surface area contributed by atoms with Gasteiger partial charge in [0.1, 0.15) is 6.61 Å². The molecule has 0 aromatic heterocycles. The summed E-state index contributed by atoms with van der Waals surface area (Å²) in [6.07, 6.45) is 2.92. The molecule has 232 valence electrons. The molecule has 11 nitrogen and oxygen atoms in total. The second-order valence-corrected chi connectivity index (χ2v) is 12.4. The minimum atomic E-state index is -0.764. The highest BCUT2D eigenvalue weighted by Gasteiger charge is 2.31. The quantitative estimate of drug-likeness (QED) is 0.133. The van der Waals surface area contributed by atoms with Gasteiger partial charge in [-0.1, -0.05) is 69.3 Å². The first-order valence-corrected chi connectivity index (χ1v) is 14.8. The third kappa shape index (κ3) is 8.55. The first-order valence-electron chi connectivity index (χ1n) is 14.8. The smallest absolute Gasteiger partial charge is 0.407 e. The van der Waals surface area contributed by atoms with Crippen molar-refractivity contribution in [3.8, 4) is 11.1 Å². The molecular weight excluding hydrogens is 552 g/mol. The zero-order chi connectivity index (χ0) is 31.0. The number of fused-ring (bicyclic) bond motifs is 3. The van der Waals surface area contributed by atoms with Crippen LogP contribution in [0.5, 0.6) is 0 Å². The number of hydrogen-bond acceptors (Lipinski definition) is 7. The van der Waals surface area contributed by atoms with E-state index in [9.17, 15) is 19.6 Å². The number of aliphatic carboxylic acids is 1. The molecule has 1 fully saturated rings. The van der Waals surface area contributed by atoms with Gasteiger partial charge in [-0.25, -0.2) is 19.9 Å². The number of hydrazone groups is 1. The van der Waals surface area contributed by atoms with E-state index in [1.165, 1.54) is 6.21 Å². The van der Waals surface area contributed by atoms with Crippen LogP contribution in [0.1, 0.15) is 69.9 Å². The highest BCUT2D eigenvalue weighted by molar-refractivity contribution is 5.80. The molecule has 0 bridgehead atoms. The van der Waals surface area contributed by atoms with Crippen LogP contribution >= 0.6 is 0 Å². The van der Waals surface area contributed by atoms with Gasteiger partial charge in [0.05, 0.1) is 18.1 Å². The summed E-state index contributed by atoms with van der Waals surface area (Å²) in [5.41, 5.74) is 6.41. The summed E-state index contributed by atoms with van der Waals surface area (Å²) >= 11 is 0. The van der Waals surface area contributed by atoms with Gasteiger partial charge in [0.2, 0.25) is 0 Å². The minimum Gasteiger partial charge on any atom is -0.481 e. The van der Waals surface area contributed by atoms with Crippen LogP contribution in [-0.4, -0.2) is 60.0 Å². The molecule has 0 aliphatic heterocycles. The molecule has 0 heterocycles. The monoisotopic (exact) mass is 594 g/mol. The lowest BCUT2D eigenvalue weighted by atomic mass is 9.82. The number of rotatable bonds is 11. The summed E-state index contributed by atoms with van der Waals surface area (Å²) in [5, 5.41) is 28.2. The van der Waals surface area contributed by atoms with E-state index in [0.29, 0.717) is 19.4 Å². The van der Waals surface area contributed by atoms with Crippen LogP contribution in [0.15, 0.2) is 53.6 Å². The second kappa shape index (κ2) is 14.5. The van der Waals surface area contributed by atoms with Crippen molar-refractivity contribution in [2.75, 3.05) is 13.2 Å². The number of hydrogen-bond donors (Lipinski definition) is 5. The van der Waals surface area contributed by atoms with Crippen LogP contribution < -0.4 is 16.1 Å². The average molecular weight is 595 g/mol. The lowest BCUT2D eigenvalue weighted by Gasteiger charge is -2.30. The molecule has 11 heteroatoms. The van der Waals surface area contributed by atoms with E-state index in [-0.39, 0.29) is 30.8 Å². The minimum absolute atomic E-state index is 0.0992. The molecule has 0 spiro atoms. The lowest BCUT2D eigenvalue weighted by molar-refractivity contribution is -0.300. The van der Waals surface area contributed by atoms with E-state index >= 15 is 0 Å². The first-order chi connectivity index (χ1) is 20.6. The van der Waals surface area contributed by atoms with Gasteiger partial charge in [0.25, 0.3) is 0 Å². The van der Waals surface area contributed by atoms with Crippen LogP contribution in [0.3, 0.4) is 0 Å². The zero-order valence-electron chi connectivity index (χ0n) is 24.9. The number of carbonyl (C=O) groups is 3. The van der Waals surface area contributed by atoms with Crippen molar-refractivity contribution in [1.82, 2.24) is 16.1 Å². The predicted octanol–water partition coefficient (Wildman–Crippen LogP) is 5.36. The van der Waals surface area contributed by atoms with Crippen molar-refractivity contribution in [2.24, 2.45) is 22.4 Å². The van der Waals surface area contributed by atoms with Crippen molar-refractivity contribution >= 4 is 24.3 Å². The Morgan fingerprint density at radius 3 is 2.16 bits per heavy atom. The molecule has 5 N–H and O–H groups in total. The fraction of sp³-hybridized carbons (Fsp3) is 0.500. The van der Waals surface area contributed by atoms with Crippen LogP contribution in [-0.2, 0) is 14.4 Å². The maximum atomic E-state index is 13.0. The van der Waals surface area contributed by atoms with Gasteiger partial charge in [-0.3, -0.25) is 10.1 Å². The Morgan fingerprint density at radius 2 is 1.60 bits per heavy atom. The topological polar surface area (TPSA) is 159 Å². The lowest BCUT2D eigenvalue weighted by Crippen LogP contribution is -2.43. The Labute approximate surface area is 252 Å². The Kier molecular flexibility index (Phi) is 10.8. The van der Waals surface area contributed by atoms with E-state index in [1.54, 1.807) is 0 Å². The van der Waals surface area contributed by atoms with Crippen molar-refractivity contribution < 1.29 is 34.4 Å². The Balaban J connectivity index is 1.32. The van der Waals surface area contributed by atoms with Crippen LogP contribution in [0.4, 0.5) is 9.59 Å². The number of ether oxygens (including phenoxy) is 1. The number of nitrogens with zero attached hydrogens (tertiary/aromatic N) is 1. The van der Waals surface area contributed by atoms with E-state index in [1.807, 2.05) is 57.2 Å². The van der Waals surface area contributed by atoms with Gasteiger partial charge in [-0.15, -0.1) is 0 Å². The molecule has 4 rings (SSSR count). The molecular formula is C32H42N4O7. The third-order valence-corrected chi connectivity index (χ3v) is 8.38. The molecule has 3 amide bonds. The van der Waals surface area contributed by atoms with Gasteiger partial charge in [0.15, 0.2) is 0 Å². The summed E-state index contributed by atoms with van der Waals surface area (Å²) in [6, 6.07) is 14.9. The fourth-order valence-electron chi connectivity index (χ4n) is 5.81. The maximum absolute atomic E-state index is 13.0. The van der Waals surface area contributed by atoms with Crippen LogP contribution in [0.25, 0.3) is 11.1 Å². The third-order valence-electron chi connectivity index (χ3n) is 8.38. The summed E-state index contributed by atoms with van der Waals surface area (Å²) in [4.78, 5) is 41.2. The molecule has 0 radical (unpaired) electrons. The van der Waals surface area contributed by atoms with E-state index in [4.69, 9.17) is 14.7 Å². The Bertz CT molecular complexity index is 1260. The van der Waals surface area contributed by atoms with Gasteiger partial charge >= 0.3 is 18.1 Å². The number of alkyl carbamates (subject to hydrolysis) is 1. The zero-order valence-corrected chi connectivity index (χ0v) is 24.9. The molecule has 43 heavy (non-hydrogen) atoms. The van der Waals surface area contributed by atoms with Gasteiger partial charge < -0.3 is 20.5 Å². The average Bonchev–Trinajstić information content (AvgIpc) is 3.30. The fourth-order valence-corrected chi connectivity index (χ4v) is 5.81. The largest absolute Gasteiger partial charge is 0.481 e. The Hall–Kier alpha value is -3.96. The highest BCUT2D eigenvalue weighted by Crippen LogP contribution is 2.44. The van der Waals surface area contributed by atoms with Crippen molar-refractivity contribution in [1.29, 1.82) is 0 Å². The summed E-state index contributed by atoms with van der Waals surface area (Å²) in [6.45, 7) is 6.23. The molecule has 2 aromatic carbocycles. The molecule has 2 aromatic rings. The van der Waals surface area contributed by atoms with Gasteiger partial charge in [0, 0.05) is 25.1 Å². The van der Waals surface area contributed by atoms with Gasteiger partial charge in [-0.05, 0) is 59.3 Å². The predicted molar refractivity (Wildman–Crippen MR) is 162 cm³/mol. The van der Waals surface area contributed by atoms with E-state index in [0.717, 1.165) is 35.1 Å². The number of carboxylic acids is 1. The standard InChI is InChI=1S/C32H42N4O7/c1-32(2,3)28(43-41)16-22(18-34-36-30(39)33-17-20-12-14-21(15-13-20)29(37)38)35-31(40)42-19-27-25-10-6-4-8-23(25)24-9-5-7-11-26(24)27/h4-11,18,20-22,27-28,41H,12-17,19H2,1-3H3,(H,35,40)(H,37,38)(H2,33,36,39)/b34-18+/t20-,21-,22-,28?/m0/s1. The number of benzene rings is 2. The molecule has 0 saturated heterocycles. The van der Waals surface area contributed by atoms with Crippen LogP contribution in [0, 0.1) is 17.3 Å². The molecule has 2 aliphatic carbocycles. The summed E-state index contributed by atoms with van der Waals surface area (Å²) in [5.74, 6) is -0.962.